The molecule has 0 atom stereocenters. The summed E-state index contributed by atoms with van der Waals surface area (Å²) in [6, 6.07) is 7.83. The van der Waals surface area contributed by atoms with E-state index in [1.54, 1.807) is 6.26 Å². The fraction of sp³-hybridized carbons (Fsp3) is 0.308. The Kier molecular flexibility index (Phi) is 3.14. The van der Waals surface area contributed by atoms with Gasteiger partial charge in [0.15, 0.2) is 11.5 Å². The van der Waals surface area contributed by atoms with Crippen molar-refractivity contribution in [1.29, 1.82) is 0 Å². The molecule has 0 fully saturated rings. The maximum atomic E-state index is 5.54. The third-order valence-corrected chi connectivity index (χ3v) is 2.73. The van der Waals surface area contributed by atoms with Gasteiger partial charge in [0.05, 0.1) is 5.69 Å². The van der Waals surface area contributed by atoms with Crippen LogP contribution in [0.25, 0.3) is 0 Å². The van der Waals surface area contributed by atoms with Crippen LogP contribution in [0.15, 0.2) is 35.1 Å². The van der Waals surface area contributed by atoms with Crippen LogP contribution < -0.4 is 14.8 Å². The lowest BCUT2D eigenvalue weighted by molar-refractivity contribution is 0.171. The molecule has 5 nitrogen and oxygen atoms in total. The molecule has 3 rings (SSSR count). The number of hydrogen-bond donors (Lipinski definition) is 1. The fourth-order valence-electron chi connectivity index (χ4n) is 1.86. The average Bonchev–Trinajstić information content (AvgIpc) is 2.92. The number of nitrogens with zero attached hydrogens (tertiary/aromatic N) is 1. The molecule has 2 aromatic rings. The van der Waals surface area contributed by atoms with Crippen molar-refractivity contribution >= 4 is 0 Å². The minimum Gasteiger partial charge on any atom is -0.486 e. The lowest BCUT2D eigenvalue weighted by Gasteiger charge is -2.18. The number of nitrogens with one attached hydrogen (secondary N) is 1. The van der Waals surface area contributed by atoms with Crippen molar-refractivity contribution in [2.24, 2.45) is 0 Å². The van der Waals surface area contributed by atoms with Crippen molar-refractivity contribution in [3.05, 3.63) is 41.8 Å². The summed E-state index contributed by atoms with van der Waals surface area (Å²) >= 11 is 0. The highest BCUT2D eigenvalue weighted by Gasteiger charge is 2.11. The summed E-state index contributed by atoms with van der Waals surface area (Å²) in [5, 5.41) is 7.13. The first kappa shape index (κ1) is 11.1. The van der Waals surface area contributed by atoms with Crippen LogP contribution in [0.3, 0.4) is 0 Å². The molecule has 0 aliphatic carbocycles. The van der Waals surface area contributed by atoms with Gasteiger partial charge < -0.3 is 19.3 Å². The predicted octanol–water partition coefficient (Wildman–Crippen LogP) is 1.74. The maximum absolute atomic E-state index is 5.54. The third-order valence-electron chi connectivity index (χ3n) is 2.73. The smallest absolute Gasteiger partial charge is 0.161 e. The van der Waals surface area contributed by atoms with E-state index in [1.165, 1.54) is 0 Å². The Morgan fingerprint density at radius 1 is 1.06 bits per heavy atom. The Morgan fingerprint density at radius 2 is 1.94 bits per heavy atom. The summed E-state index contributed by atoms with van der Waals surface area (Å²) < 4.78 is 15.8. The van der Waals surface area contributed by atoms with E-state index in [4.69, 9.17) is 14.0 Å². The lowest BCUT2D eigenvalue weighted by Crippen LogP contribution is -2.16. The molecule has 0 saturated carbocycles. The second kappa shape index (κ2) is 5.10. The lowest BCUT2D eigenvalue weighted by atomic mass is 10.2. The molecule has 0 spiro atoms. The minimum absolute atomic E-state index is 0.614. The van der Waals surface area contributed by atoms with Crippen molar-refractivity contribution in [2.75, 3.05) is 13.2 Å². The Balaban J connectivity index is 1.59. The number of fused-ring (bicyclic) bond motifs is 1. The zero-order valence-electron chi connectivity index (χ0n) is 9.89. The third kappa shape index (κ3) is 2.46. The van der Waals surface area contributed by atoms with E-state index in [0.29, 0.717) is 19.8 Å². The molecule has 94 valence electrons. The largest absolute Gasteiger partial charge is 0.486 e. The van der Waals surface area contributed by atoms with E-state index in [0.717, 1.165) is 29.3 Å². The van der Waals surface area contributed by atoms with Crippen molar-refractivity contribution in [3.8, 4) is 11.5 Å². The molecule has 18 heavy (non-hydrogen) atoms. The highest BCUT2D eigenvalue weighted by Crippen LogP contribution is 2.30. The first-order chi connectivity index (χ1) is 8.92. The number of ether oxygens (including phenoxy) is 2. The number of aromatic nitrogens is 1. The van der Waals surface area contributed by atoms with Crippen LogP contribution in [0.4, 0.5) is 0 Å². The van der Waals surface area contributed by atoms with E-state index in [1.807, 2.05) is 24.3 Å². The molecule has 0 amide bonds. The van der Waals surface area contributed by atoms with Gasteiger partial charge in [0.2, 0.25) is 0 Å². The quantitative estimate of drug-likeness (QED) is 0.890. The summed E-state index contributed by atoms with van der Waals surface area (Å²) in [5.41, 5.74) is 2.05. The highest BCUT2D eigenvalue weighted by molar-refractivity contribution is 5.43. The van der Waals surface area contributed by atoms with Gasteiger partial charge in [-0.2, -0.15) is 0 Å². The average molecular weight is 246 g/mol. The van der Waals surface area contributed by atoms with Crippen molar-refractivity contribution in [2.45, 2.75) is 13.1 Å². The summed E-state index contributed by atoms with van der Waals surface area (Å²) in [4.78, 5) is 0. The molecular formula is C13H14N2O3. The molecule has 1 N–H and O–H groups in total. The van der Waals surface area contributed by atoms with Gasteiger partial charge in [-0.25, -0.2) is 0 Å². The monoisotopic (exact) mass is 246 g/mol. The van der Waals surface area contributed by atoms with Crippen LogP contribution in [0, 0.1) is 0 Å². The van der Waals surface area contributed by atoms with E-state index >= 15 is 0 Å². The molecule has 2 heterocycles. The summed E-state index contributed by atoms with van der Waals surface area (Å²) in [5.74, 6) is 1.64. The number of benzene rings is 1. The highest BCUT2D eigenvalue weighted by atomic mass is 16.6. The van der Waals surface area contributed by atoms with Crippen LogP contribution in [0.2, 0.25) is 0 Å². The minimum atomic E-state index is 0.614. The van der Waals surface area contributed by atoms with Gasteiger partial charge in [-0.15, -0.1) is 0 Å². The SMILES string of the molecule is c1cc(CNCc2ccc3c(c2)OCCO3)no1. The van der Waals surface area contributed by atoms with Crippen LogP contribution in [0.1, 0.15) is 11.3 Å². The summed E-state index contributed by atoms with van der Waals surface area (Å²) in [7, 11) is 0. The summed E-state index contributed by atoms with van der Waals surface area (Å²) in [6.07, 6.45) is 1.57. The second-order valence-electron chi connectivity index (χ2n) is 4.07. The van der Waals surface area contributed by atoms with Gasteiger partial charge in [-0.05, 0) is 17.7 Å². The predicted molar refractivity (Wildman–Crippen MR) is 64.5 cm³/mol. The zero-order valence-corrected chi connectivity index (χ0v) is 9.89. The Labute approximate surface area is 105 Å². The summed E-state index contributed by atoms with van der Waals surface area (Å²) in [6.45, 7) is 2.67. The molecule has 1 aliphatic rings. The molecule has 1 aromatic heterocycles. The van der Waals surface area contributed by atoms with Gasteiger partial charge in [-0.1, -0.05) is 11.2 Å². The van der Waals surface area contributed by atoms with E-state index < -0.39 is 0 Å². The van der Waals surface area contributed by atoms with Gasteiger partial charge in [0.1, 0.15) is 19.5 Å². The molecule has 0 radical (unpaired) electrons. The Morgan fingerprint density at radius 3 is 2.78 bits per heavy atom. The normalized spacial score (nSPS) is 13.6. The molecule has 0 unspecified atom stereocenters. The number of rotatable bonds is 4. The van der Waals surface area contributed by atoms with Crippen molar-refractivity contribution < 1.29 is 14.0 Å². The van der Waals surface area contributed by atoms with Gasteiger partial charge in [0.25, 0.3) is 0 Å². The first-order valence-electron chi connectivity index (χ1n) is 5.90. The molecule has 0 bridgehead atoms. The van der Waals surface area contributed by atoms with E-state index in [-0.39, 0.29) is 0 Å². The van der Waals surface area contributed by atoms with Gasteiger partial charge in [-0.3, -0.25) is 0 Å². The van der Waals surface area contributed by atoms with E-state index in [2.05, 4.69) is 10.5 Å². The van der Waals surface area contributed by atoms with Gasteiger partial charge >= 0.3 is 0 Å². The van der Waals surface area contributed by atoms with Crippen LogP contribution in [-0.2, 0) is 13.1 Å². The Hall–Kier alpha value is -2.01. The van der Waals surface area contributed by atoms with Crippen LogP contribution in [-0.4, -0.2) is 18.4 Å². The van der Waals surface area contributed by atoms with Gasteiger partial charge in [0, 0.05) is 19.2 Å². The van der Waals surface area contributed by atoms with Crippen molar-refractivity contribution in [3.63, 3.8) is 0 Å². The van der Waals surface area contributed by atoms with Crippen molar-refractivity contribution in [1.82, 2.24) is 10.5 Å². The first-order valence-corrected chi connectivity index (χ1v) is 5.90. The zero-order chi connectivity index (χ0) is 12.2. The standard InChI is InChI=1S/C13H14N2O3/c1-2-12-13(17-6-5-16-12)7-10(1)8-14-9-11-3-4-18-15-11/h1-4,7,14H,5-6,8-9H2. The van der Waals surface area contributed by atoms with Crippen LogP contribution >= 0.6 is 0 Å². The molecule has 1 aromatic carbocycles. The topological polar surface area (TPSA) is 56.5 Å². The maximum Gasteiger partial charge on any atom is 0.161 e. The second-order valence-corrected chi connectivity index (χ2v) is 4.07. The molecule has 1 aliphatic heterocycles. The Bertz CT molecular complexity index is 511. The van der Waals surface area contributed by atoms with E-state index in [9.17, 15) is 0 Å². The molecule has 5 heteroatoms. The number of hydrogen-bond acceptors (Lipinski definition) is 5. The molecule has 0 saturated heterocycles. The molecular weight excluding hydrogens is 232 g/mol. The fourth-order valence-corrected chi connectivity index (χ4v) is 1.86. The van der Waals surface area contributed by atoms with Crippen LogP contribution in [0.5, 0.6) is 11.5 Å².